The van der Waals surface area contributed by atoms with Gasteiger partial charge in [0.2, 0.25) is 0 Å². The van der Waals surface area contributed by atoms with E-state index < -0.39 is 23.6 Å². The Labute approximate surface area is 98.0 Å². The zero-order chi connectivity index (χ0) is 11.4. The maximum Gasteiger partial charge on any atom is 0.322 e. The number of methoxy groups -OCH3 is 1. The van der Waals surface area contributed by atoms with Crippen molar-refractivity contribution in [1.82, 2.24) is 0 Å². The molecule has 16 heavy (non-hydrogen) atoms. The summed E-state index contributed by atoms with van der Waals surface area (Å²) in [6.07, 6.45) is -0.0151. The average Bonchev–Trinajstić information content (AvgIpc) is 2.20. The smallest absolute Gasteiger partial charge is 0.322 e. The molecule has 0 radical (unpaired) electrons. The monoisotopic (exact) mass is 251 g/mol. The summed E-state index contributed by atoms with van der Waals surface area (Å²) in [5.41, 5.74) is 5.62. The molecule has 1 aromatic carbocycles. The molecule has 2 N–H and O–H groups in total. The SMILES string of the molecule is COC(=O)[C@H](N)Cc1ccc(F)cc1F.Cl. The third-order valence-electron chi connectivity index (χ3n) is 1.96. The highest BCUT2D eigenvalue weighted by molar-refractivity contribution is 5.85. The number of nitrogens with two attached hydrogens (primary N) is 1. The van der Waals surface area contributed by atoms with Crippen LogP contribution in [0.5, 0.6) is 0 Å². The maximum absolute atomic E-state index is 13.1. The first-order valence-electron chi connectivity index (χ1n) is 4.32. The van der Waals surface area contributed by atoms with Gasteiger partial charge < -0.3 is 10.5 Å². The van der Waals surface area contributed by atoms with E-state index in [9.17, 15) is 13.6 Å². The Balaban J connectivity index is 0.00000225. The van der Waals surface area contributed by atoms with Crippen molar-refractivity contribution >= 4 is 18.4 Å². The van der Waals surface area contributed by atoms with Crippen molar-refractivity contribution in [3.63, 3.8) is 0 Å². The number of esters is 1. The van der Waals surface area contributed by atoms with E-state index in [-0.39, 0.29) is 24.4 Å². The molecule has 0 spiro atoms. The van der Waals surface area contributed by atoms with Gasteiger partial charge in [0.1, 0.15) is 17.7 Å². The summed E-state index contributed by atoms with van der Waals surface area (Å²) in [4.78, 5) is 11.0. The normalized spacial score (nSPS) is 11.5. The number of carbonyl (C=O) groups excluding carboxylic acids is 1. The fourth-order valence-corrected chi connectivity index (χ4v) is 1.16. The highest BCUT2D eigenvalue weighted by atomic mass is 35.5. The Morgan fingerprint density at radius 3 is 2.62 bits per heavy atom. The molecule has 0 fully saturated rings. The quantitative estimate of drug-likeness (QED) is 0.827. The van der Waals surface area contributed by atoms with Crippen LogP contribution in [0.2, 0.25) is 0 Å². The second-order valence-electron chi connectivity index (χ2n) is 3.07. The van der Waals surface area contributed by atoms with Gasteiger partial charge in [-0.3, -0.25) is 4.79 Å². The molecule has 90 valence electrons. The first-order chi connectivity index (χ1) is 7.04. The lowest BCUT2D eigenvalue weighted by Crippen LogP contribution is -2.33. The highest BCUT2D eigenvalue weighted by Gasteiger charge is 2.16. The molecular formula is C10H12ClF2NO2. The van der Waals surface area contributed by atoms with E-state index in [0.29, 0.717) is 0 Å². The van der Waals surface area contributed by atoms with Gasteiger partial charge in [0.25, 0.3) is 0 Å². The Morgan fingerprint density at radius 2 is 2.12 bits per heavy atom. The molecule has 6 heteroatoms. The van der Waals surface area contributed by atoms with E-state index >= 15 is 0 Å². The first kappa shape index (κ1) is 14.8. The summed E-state index contributed by atoms with van der Waals surface area (Å²) >= 11 is 0. The number of hydrogen-bond acceptors (Lipinski definition) is 3. The summed E-state index contributed by atoms with van der Waals surface area (Å²) in [5, 5.41) is 0. The second kappa shape index (κ2) is 6.40. The minimum Gasteiger partial charge on any atom is -0.468 e. The summed E-state index contributed by atoms with van der Waals surface area (Å²) in [6, 6.07) is 2.19. The van der Waals surface area contributed by atoms with Crippen LogP contribution in [0.3, 0.4) is 0 Å². The molecule has 3 nitrogen and oxygen atoms in total. The Kier molecular flexibility index (Phi) is 5.92. The molecule has 0 unspecified atom stereocenters. The molecule has 1 rings (SSSR count). The van der Waals surface area contributed by atoms with Crippen LogP contribution in [0.25, 0.3) is 0 Å². The number of carbonyl (C=O) groups is 1. The number of hydrogen-bond donors (Lipinski definition) is 1. The highest BCUT2D eigenvalue weighted by Crippen LogP contribution is 2.11. The lowest BCUT2D eigenvalue weighted by atomic mass is 10.1. The number of benzene rings is 1. The largest absolute Gasteiger partial charge is 0.468 e. The summed E-state index contributed by atoms with van der Waals surface area (Å²) in [7, 11) is 1.20. The lowest BCUT2D eigenvalue weighted by molar-refractivity contribution is -0.142. The minimum absolute atomic E-state index is 0. The van der Waals surface area contributed by atoms with Gasteiger partial charge in [-0.15, -0.1) is 12.4 Å². The van der Waals surface area contributed by atoms with Gasteiger partial charge in [-0.2, -0.15) is 0 Å². The van der Waals surface area contributed by atoms with Crippen LogP contribution in [0.1, 0.15) is 5.56 Å². The molecule has 0 saturated heterocycles. The van der Waals surface area contributed by atoms with E-state index in [2.05, 4.69) is 4.74 Å². The van der Waals surface area contributed by atoms with Crippen LogP contribution in [0.4, 0.5) is 8.78 Å². The molecule has 0 bridgehead atoms. The Morgan fingerprint density at radius 1 is 1.50 bits per heavy atom. The van der Waals surface area contributed by atoms with Gasteiger partial charge in [0.15, 0.2) is 0 Å². The van der Waals surface area contributed by atoms with Crippen LogP contribution in [0.15, 0.2) is 18.2 Å². The van der Waals surface area contributed by atoms with Crippen LogP contribution in [0, 0.1) is 11.6 Å². The standard InChI is InChI=1S/C10H11F2NO2.ClH/c1-15-10(14)9(13)4-6-2-3-7(11)5-8(6)12;/h2-3,5,9H,4,13H2,1H3;1H/t9-;/m1./s1. The number of rotatable bonds is 3. The van der Waals surface area contributed by atoms with Crippen LogP contribution in [-0.4, -0.2) is 19.1 Å². The van der Waals surface area contributed by atoms with Crippen molar-refractivity contribution in [2.75, 3.05) is 7.11 Å². The van der Waals surface area contributed by atoms with Crippen molar-refractivity contribution in [1.29, 1.82) is 0 Å². The molecule has 0 aromatic heterocycles. The molecule has 0 aliphatic heterocycles. The molecule has 0 aliphatic rings. The Hall–Kier alpha value is -1.20. The van der Waals surface area contributed by atoms with E-state index in [4.69, 9.17) is 5.73 Å². The van der Waals surface area contributed by atoms with Gasteiger partial charge in [-0.1, -0.05) is 6.07 Å². The predicted molar refractivity (Wildman–Crippen MR) is 57.3 cm³/mol. The van der Waals surface area contributed by atoms with E-state index in [1.807, 2.05) is 0 Å². The fraction of sp³-hybridized carbons (Fsp3) is 0.300. The molecule has 0 saturated carbocycles. The minimum atomic E-state index is -0.935. The maximum atomic E-state index is 13.1. The molecule has 0 heterocycles. The predicted octanol–water partition coefficient (Wildman–Crippen LogP) is 1.43. The second-order valence-corrected chi connectivity index (χ2v) is 3.07. The number of halogens is 3. The summed E-state index contributed by atoms with van der Waals surface area (Å²) < 4.78 is 30.1. The van der Waals surface area contributed by atoms with Crippen LogP contribution < -0.4 is 5.73 Å². The topological polar surface area (TPSA) is 52.3 Å². The average molecular weight is 252 g/mol. The fourth-order valence-electron chi connectivity index (χ4n) is 1.16. The zero-order valence-electron chi connectivity index (χ0n) is 8.57. The van der Waals surface area contributed by atoms with Crippen molar-refractivity contribution in [2.24, 2.45) is 5.73 Å². The lowest BCUT2D eigenvalue weighted by Gasteiger charge is -2.09. The van der Waals surface area contributed by atoms with Crippen molar-refractivity contribution in [2.45, 2.75) is 12.5 Å². The van der Waals surface area contributed by atoms with Gasteiger partial charge in [0.05, 0.1) is 7.11 Å². The van der Waals surface area contributed by atoms with Gasteiger partial charge in [0, 0.05) is 12.5 Å². The molecule has 0 amide bonds. The van der Waals surface area contributed by atoms with Gasteiger partial charge in [-0.25, -0.2) is 8.78 Å². The van der Waals surface area contributed by atoms with Crippen molar-refractivity contribution in [3.8, 4) is 0 Å². The summed E-state index contributed by atoms with van der Waals surface area (Å²) in [6.45, 7) is 0. The van der Waals surface area contributed by atoms with E-state index in [1.165, 1.54) is 13.2 Å². The van der Waals surface area contributed by atoms with Gasteiger partial charge >= 0.3 is 5.97 Å². The molecule has 0 aliphatic carbocycles. The Bertz CT molecular complexity index is 374. The third kappa shape index (κ3) is 3.75. The van der Waals surface area contributed by atoms with E-state index in [0.717, 1.165) is 12.1 Å². The number of ether oxygens (including phenoxy) is 1. The molecule has 1 aromatic rings. The van der Waals surface area contributed by atoms with E-state index in [1.54, 1.807) is 0 Å². The van der Waals surface area contributed by atoms with Crippen LogP contribution >= 0.6 is 12.4 Å². The van der Waals surface area contributed by atoms with Crippen molar-refractivity contribution in [3.05, 3.63) is 35.4 Å². The zero-order valence-corrected chi connectivity index (χ0v) is 9.39. The van der Waals surface area contributed by atoms with Gasteiger partial charge in [-0.05, 0) is 11.6 Å². The van der Waals surface area contributed by atoms with Crippen molar-refractivity contribution < 1.29 is 18.3 Å². The molecular weight excluding hydrogens is 240 g/mol. The first-order valence-corrected chi connectivity index (χ1v) is 4.32. The van der Waals surface area contributed by atoms with Crippen LogP contribution in [-0.2, 0) is 16.0 Å². The third-order valence-corrected chi connectivity index (χ3v) is 1.96. The summed E-state index contributed by atoms with van der Waals surface area (Å²) in [5.74, 6) is -2.00. The molecule has 1 atom stereocenters.